The molecule has 0 radical (unpaired) electrons. The summed E-state index contributed by atoms with van der Waals surface area (Å²) in [6, 6.07) is 41.3. The minimum absolute atomic E-state index is 0.296. The second kappa shape index (κ2) is 9.94. The van der Waals surface area contributed by atoms with E-state index in [1.54, 1.807) is 17.0 Å². The number of hydrogen-bond acceptors (Lipinski definition) is 3. The first kappa shape index (κ1) is 21.9. The Morgan fingerprint density at radius 1 is 0.559 bits per heavy atom. The number of nitrogens with zero attached hydrogens (tertiary/aromatic N) is 2. The Bertz CT molecular complexity index is 1090. The van der Waals surface area contributed by atoms with E-state index < -0.39 is 5.54 Å². The first-order chi connectivity index (χ1) is 16.8. The highest BCUT2D eigenvalue weighted by molar-refractivity contribution is 5.70. The van der Waals surface area contributed by atoms with Crippen molar-refractivity contribution in [2.24, 2.45) is 0 Å². The van der Waals surface area contributed by atoms with Crippen LogP contribution in [-0.4, -0.2) is 42.1 Å². The van der Waals surface area contributed by atoms with Gasteiger partial charge in [-0.25, -0.2) is 4.79 Å². The predicted molar refractivity (Wildman–Crippen MR) is 135 cm³/mol. The van der Waals surface area contributed by atoms with Crippen molar-refractivity contribution in [3.05, 3.63) is 138 Å². The molecule has 0 unspecified atom stereocenters. The lowest BCUT2D eigenvalue weighted by atomic mass is 9.75. The lowest BCUT2D eigenvalue weighted by Gasteiger charge is -2.48. The lowest BCUT2D eigenvalue weighted by molar-refractivity contribution is 0.0714. The molecule has 0 aromatic heterocycles. The molecule has 0 spiro atoms. The van der Waals surface area contributed by atoms with Crippen molar-refractivity contribution in [3.8, 4) is 5.75 Å². The Hall–Kier alpha value is -3.89. The van der Waals surface area contributed by atoms with Gasteiger partial charge in [-0.3, -0.25) is 4.90 Å². The Kier molecular flexibility index (Phi) is 6.41. The number of ether oxygens (including phenoxy) is 1. The quantitative estimate of drug-likeness (QED) is 0.362. The highest BCUT2D eigenvalue weighted by Crippen LogP contribution is 2.42. The van der Waals surface area contributed by atoms with E-state index in [2.05, 4.69) is 95.9 Å². The number of carbonyl (C=O) groups is 1. The molecule has 1 aliphatic heterocycles. The molecule has 1 amide bonds. The highest BCUT2D eigenvalue weighted by Gasteiger charge is 2.43. The van der Waals surface area contributed by atoms with E-state index in [4.69, 9.17) is 4.74 Å². The van der Waals surface area contributed by atoms with E-state index >= 15 is 0 Å². The van der Waals surface area contributed by atoms with Crippen molar-refractivity contribution in [1.29, 1.82) is 0 Å². The van der Waals surface area contributed by atoms with E-state index in [1.165, 1.54) is 16.7 Å². The number of benzene rings is 4. The lowest BCUT2D eigenvalue weighted by Crippen LogP contribution is -2.57. The van der Waals surface area contributed by atoms with E-state index in [0.717, 1.165) is 13.1 Å². The molecule has 0 saturated carbocycles. The molecule has 1 heterocycles. The van der Waals surface area contributed by atoms with Gasteiger partial charge in [0.15, 0.2) is 0 Å². The largest absolute Gasteiger partial charge is 0.415 e. The monoisotopic (exact) mass is 448 g/mol. The van der Waals surface area contributed by atoms with Gasteiger partial charge in [0.1, 0.15) is 5.75 Å². The van der Waals surface area contributed by atoms with Crippen LogP contribution in [0, 0.1) is 0 Å². The van der Waals surface area contributed by atoms with E-state index in [1.807, 2.05) is 18.2 Å². The number of carbonyl (C=O) groups excluding carboxylic acids is 1. The third-order valence-corrected chi connectivity index (χ3v) is 6.54. The fourth-order valence-electron chi connectivity index (χ4n) is 4.96. The summed E-state index contributed by atoms with van der Waals surface area (Å²) in [5, 5.41) is 0. The van der Waals surface area contributed by atoms with Gasteiger partial charge in [0.2, 0.25) is 0 Å². The normalized spacial score (nSPS) is 14.5. The molecule has 1 saturated heterocycles. The maximum atomic E-state index is 12.8. The van der Waals surface area contributed by atoms with Crippen LogP contribution in [0.15, 0.2) is 121 Å². The number of amides is 1. The van der Waals surface area contributed by atoms with E-state index in [0.29, 0.717) is 18.8 Å². The standard InChI is InChI=1S/C30H28N2O2/c33-29(34-28-19-11-4-12-20-28)31-21-23-32(24-22-31)30(25-13-5-1-6-14-25,26-15-7-2-8-16-26)27-17-9-3-10-18-27/h1-20H,21-24H2. The van der Waals surface area contributed by atoms with Gasteiger partial charge < -0.3 is 9.64 Å². The van der Waals surface area contributed by atoms with Crippen LogP contribution >= 0.6 is 0 Å². The maximum Gasteiger partial charge on any atom is 0.415 e. The van der Waals surface area contributed by atoms with Crippen molar-refractivity contribution < 1.29 is 9.53 Å². The van der Waals surface area contributed by atoms with Gasteiger partial charge in [0, 0.05) is 26.2 Å². The predicted octanol–water partition coefficient (Wildman–Crippen LogP) is 5.80. The maximum absolute atomic E-state index is 12.8. The summed E-state index contributed by atoms with van der Waals surface area (Å²) >= 11 is 0. The molecule has 170 valence electrons. The fourth-order valence-corrected chi connectivity index (χ4v) is 4.96. The van der Waals surface area contributed by atoms with Gasteiger partial charge in [0.25, 0.3) is 0 Å². The Morgan fingerprint density at radius 2 is 0.941 bits per heavy atom. The molecule has 1 aliphatic rings. The molecule has 4 aromatic carbocycles. The topological polar surface area (TPSA) is 32.8 Å². The minimum atomic E-state index is -0.459. The summed E-state index contributed by atoms with van der Waals surface area (Å²) in [6.07, 6.45) is -0.296. The number of para-hydroxylation sites is 1. The van der Waals surface area contributed by atoms with Gasteiger partial charge >= 0.3 is 6.09 Å². The van der Waals surface area contributed by atoms with Crippen LogP contribution in [0.5, 0.6) is 5.75 Å². The second-order valence-electron chi connectivity index (χ2n) is 8.46. The highest BCUT2D eigenvalue weighted by atomic mass is 16.6. The van der Waals surface area contributed by atoms with Crippen LogP contribution in [0.3, 0.4) is 0 Å². The summed E-state index contributed by atoms with van der Waals surface area (Å²) in [6.45, 7) is 2.64. The molecule has 0 bridgehead atoms. The van der Waals surface area contributed by atoms with Crippen LogP contribution in [0.2, 0.25) is 0 Å². The number of rotatable bonds is 5. The first-order valence-corrected chi connectivity index (χ1v) is 11.7. The molecule has 0 N–H and O–H groups in total. The minimum Gasteiger partial charge on any atom is -0.410 e. The zero-order valence-corrected chi connectivity index (χ0v) is 19.1. The third-order valence-electron chi connectivity index (χ3n) is 6.54. The van der Waals surface area contributed by atoms with E-state index in [-0.39, 0.29) is 6.09 Å². The molecule has 4 aromatic rings. The Balaban J connectivity index is 1.49. The summed E-state index contributed by atoms with van der Waals surface area (Å²) in [4.78, 5) is 17.1. The van der Waals surface area contributed by atoms with Gasteiger partial charge in [-0.2, -0.15) is 0 Å². The fraction of sp³-hybridized carbons (Fsp3) is 0.167. The molecular weight excluding hydrogens is 420 g/mol. The average Bonchev–Trinajstić information content (AvgIpc) is 2.92. The van der Waals surface area contributed by atoms with Crippen molar-refractivity contribution in [2.45, 2.75) is 5.54 Å². The summed E-state index contributed by atoms with van der Waals surface area (Å²) in [5.41, 5.74) is 3.19. The van der Waals surface area contributed by atoms with Gasteiger partial charge in [-0.05, 0) is 28.8 Å². The van der Waals surface area contributed by atoms with Crippen LogP contribution in [-0.2, 0) is 5.54 Å². The average molecular weight is 449 g/mol. The van der Waals surface area contributed by atoms with Crippen LogP contribution < -0.4 is 4.74 Å². The van der Waals surface area contributed by atoms with Crippen LogP contribution in [0.4, 0.5) is 4.79 Å². The SMILES string of the molecule is O=C(Oc1ccccc1)N1CCN(C(c2ccccc2)(c2ccccc2)c2ccccc2)CC1. The number of hydrogen-bond donors (Lipinski definition) is 0. The summed E-state index contributed by atoms with van der Waals surface area (Å²) in [7, 11) is 0. The Morgan fingerprint density at radius 3 is 1.35 bits per heavy atom. The summed E-state index contributed by atoms with van der Waals surface area (Å²) < 4.78 is 5.60. The molecule has 34 heavy (non-hydrogen) atoms. The molecule has 1 fully saturated rings. The van der Waals surface area contributed by atoms with Crippen molar-refractivity contribution in [2.75, 3.05) is 26.2 Å². The van der Waals surface area contributed by atoms with Gasteiger partial charge in [-0.15, -0.1) is 0 Å². The molecule has 0 atom stereocenters. The zero-order valence-electron chi connectivity index (χ0n) is 19.1. The Labute approximate surface area is 201 Å². The van der Waals surface area contributed by atoms with Crippen molar-refractivity contribution in [1.82, 2.24) is 9.80 Å². The molecule has 4 nitrogen and oxygen atoms in total. The third kappa shape index (κ3) is 4.20. The smallest absolute Gasteiger partial charge is 0.410 e. The van der Waals surface area contributed by atoms with Crippen LogP contribution in [0.25, 0.3) is 0 Å². The molecular formula is C30H28N2O2. The van der Waals surface area contributed by atoms with Crippen LogP contribution in [0.1, 0.15) is 16.7 Å². The van der Waals surface area contributed by atoms with Crippen molar-refractivity contribution in [3.63, 3.8) is 0 Å². The first-order valence-electron chi connectivity index (χ1n) is 11.7. The molecule has 5 rings (SSSR count). The zero-order chi connectivity index (χ0) is 23.2. The van der Waals surface area contributed by atoms with E-state index in [9.17, 15) is 4.79 Å². The molecule has 0 aliphatic carbocycles. The second-order valence-corrected chi connectivity index (χ2v) is 8.46. The van der Waals surface area contributed by atoms with Gasteiger partial charge in [0.05, 0.1) is 5.54 Å². The number of piperazine rings is 1. The van der Waals surface area contributed by atoms with Crippen molar-refractivity contribution >= 4 is 6.09 Å². The van der Waals surface area contributed by atoms with Gasteiger partial charge in [-0.1, -0.05) is 109 Å². The molecule has 4 heteroatoms. The summed E-state index contributed by atoms with van der Waals surface area (Å²) in [5.74, 6) is 0.571.